The van der Waals surface area contributed by atoms with Gasteiger partial charge in [0.1, 0.15) is 5.75 Å². The largest absolute Gasteiger partial charge is 0.497 e. The molecule has 16 heavy (non-hydrogen) atoms. The number of methoxy groups -OCH3 is 1. The Balaban J connectivity index is 2.56. The molecule has 0 bridgehead atoms. The number of rotatable bonds is 3. The number of aryl methyl sites for hydroxylation is 1. The van der Waals surface area contributed by atoms with Crippen LogP contribution in [0.2, 0.25) is 0 Å². The number of aromatic nitrogens is 1. The number of hydrogen-bond donors (Lipinski definition) is 1. The van der Waals surface area contributed by atoms with Crippen molar-refractivity contribution in [3.8, 4) is 5.75 Å². The van der Waals surface area contributed by atoms with Crippen LogP contribution in [0.15, 0.2) is 24.3 Å². The van der Waals surface area contributed by atoms with Gasteiger partial charge >= 0.3 is 0 Å². The van der Waals surface area contributed by atoms with Crippen LogP contribution in [0.4, 0.5) is 0 Å². The summed E-state index contributed by atoms with van der Waals surface area (Å²) in [6.45, 7) is 2.88. The average molecular weight is 216 g/mol. The van der Waals surface area contributed by atoms with Crippen LogP contribution in [-0.2, 0) is 6.54 Å². The number of fused-ring (bicyclic) bond motifs is 1. The van der Waals surface area contributed by atoms with E-state index in [2.05, 4.69) is 23.3 Å². The van der Waals surface area contributed by atoms with E-state index in [4.69, 9.17) is 4.74 Å². The number of pyridine rings is 1. The molecule has 0 unspecified atom stereocenters. The molecular weight excluding hydrogens is 200 g/mol. The Hall–Kier alpha value is -1.61. The van der Waals surface area contributed by atoms with Gasteiger partial charge in [0.25, 0.3) is 0 Å². The van der Waals surface area contributed by atoms with Crippen molar-refractivity contribution >= 4 is 10.9 Å². The lowest BCUT2D eigenvalue weighted by atomic mass is 10.1. The Morgan fingerprint density at radius 1 is 1.31 bits per heavy atom. The summed E-state index contributed by atoms with van der Waals surface area (Å²) >= 11 is 0. The summed E-state index contributed by atoms with van der Waals surface area (Å²) in [5.74, 6) is 0.847. The maximum atomic E-state index is 5.20. The van der Waals surface area contributed by atoms with Gasteiger partial charge in [-0.05, 0) is 37.7 Å². The van der Waals surface area contributed by atoms with E-state index in [0.717, 1.165) is 28.9 Å². The quantitative estimate of drug-likeness (QED) is 0.854. The van der Waals surface area contributed by atoms with Gasteiger partial charge < -0.3 is 10.1 Å². The van der Waals surface area contributed by atoms with Gasteiger partial charge in [0, 0.05) is 18.0 Å². The molecule has 0 amide bonds. The molecule has 0 aliphatic heterocycles. The van der Waals surface area contributed by atoms with E-state index in [-0.39, 0.29) is 0 Å². The van der Waals surface area contributed by atoms with Crippen LogP contribution in [-0.4, -0.2) is 19.1 Å². The molecule has 0 aliphatic rings. The molecule has 0 saturated carbocycles. The standard InChI is InChI=1S/C13H16N2O/c1-9-6-10-4-5-11(16-3)7-12(10)15-13(9)8-14-2/h4-7,14H,8H2,1-3H3. The minimum Gasteiger partial charge on any atom is -0.497 e. The minimum absolute atomic E-state index is 0.791. The van der Waals surface area contributed by atoms with E-state index in [9.17, 15) is 0 Å². The number of hydrogen-bond acceptors (Lipinski definition) is 3. The summed E-state index contributed by atoms with van der Waals surface area (Å²) in [4.78, 5) is 4.63. The highest BCUT2D eigenvalue weighted by atomic mass is 16.5. The first-order valence-electron chi connectivity index (χ1n) is 5.33. The Bertz CT molecular complexity index is 509. The summed E-state index contributed by atoms with van der Waals surface area (Å²) in [5.41, 5.74) is 3.28. The van der Waals surface area contributed by atoms with Gasteiger partial charge in [-0.3, -0.25) is 4.98 Å². The van der Waals surface area contributed by atoms with Crippen LogP contribution in [0.5, 0.6) is 5.75 Å². The maximum absolute atomic E-state index is 5.20. The van der Waals surface area contributed by atoms with Gasteiger partial charge in [-0.2, -0.15) is 0 Å². The zero-order chi connectivity index (χ0) is 11.5. The fraction of sp³-hybridized carbons (Fsp3) is 0.308. The molecule has 1 N–H and O–H groups in total. The van der Waals surface area contributed by atoms with Crippen LogP contribution in [0.25, 0.3) is 10.9 Å². The van der Waals surface area contributed by atoms with Crippen molar-refractivity contribution in [2.45, 2.75) is 13.5 Å². The highest BCUT2D eigenvalue weighted by Gasteiger charge is 2.03. The second-order valence-electron chi connectivity index (χ2n) is 3.84. The fourth-order valence-corrected chi connectivity index (χ4v) is 1.77. The first-order valence-corrected chi connectivity index (χ1v) is 5.33. The fourth-order valence-electron chi connectivity index (χ4n) is 1.77. The SMILES string of the molecule is CNCc1nc2cc(OC)ccc2cc1C. The van der Waals surface area contributed by atoms with Gasteiger partial charge in [-0.15, -0.1) is 0 Å². The second-order valence-corrected chi connectivity index (χ2v) is 3.84. The smallest absolute Gasteiger partial charge is 0.121 e. The van der Waals surface area contributed by atoms with Crippen molar-refractivity contribution in [2.75, 3.05) is 14.2 Å². The first-order chi connectivity index (χ1) is 7.74. The molecule has 0 saturated heterocycles. The van der Waals surface area contributed by atoms with Crippen molar-refractivity contribution in [2.24, 2.45) is 0 Å². The molecule has 0 radical (unpaired) electrons. The van der Waals surface area contributed by atoms with E-state index in [0.29, 0.717) is 0 Å². The van der Waals surface area contributed by atoms with Gasteiger partial charge in [0.05, 0.1) is 18.3 Å². The van der Waals surface area contributed by atoms with Crippen molar-refractivity contribution in [1.82, 2.24) is 10.3 Å². The van der Waals surface area contributed by atoms with Gasteiger partial charge in [-0.25, -0.2) is 0 Å². The lowest BCUT2D eigenvalue weighted by Crippen LogP contribution is -2.08. The molecule has 1 aromatic heterocycles. The van der Waals surface area contributed by atoms with Crippen LogP contribution < -0.4 is 10.1 Å². The lowest BCUT2D eigenvalue weighted by molar-refractivity contribution is 0.415. The summed E-state index contributed by atoms with van der Waals surface area (Å²) in [6, 6.07) is 8.13. The zero-order valence-corrected chi connectivity index (χ0v) is 9.87. The van der Waals surface area contributed by atoms with Crippen molar-refractivity contribution in [1.29, 1.82) is 0 Å². The van der Waals surface area contributed by atoms with Crippen LogP contribution in [0.3, 0.4) is 0 Å². The molecule has 0 spiro atoms. The van der Waals surface area contributed by atoms with Crippen molar-refractivity contribution < 1.29 is 4.74 Å². The Morgan fingerprint density at radius 3 is 2.81 bits per heavy atom. The average Bonchev–Trinajstić information content (AvgIpc) is 2.30. The molecule has 1 aromatic carbocycles. The predicted molar refractivity (Wildman–Crippen MR) is 65.8 cm³/mol. The third-order valence-corrected chi connectivity index (χ3v) is 2.66. The topological polar surface area (TPSA) is 34.2 Å². The summed E-state index contributed by atoms with van der Waals surface area (Å²) in [5, 5.41) is 4.28. The zero-order valence-electron chi connectivity index (χ0n) is 9.87. The van der Waals surface area contributed by atoms with Gasteiger partial charge in [-0.1, -0.05) is 0 Å². The van der Waals surface area contributed by atoms with Crippen molar-refractivity contribution in [3.05, 3.63) is 35.5 Å². The number of nitrogens with zero attached hydrogens (tertiary/aromatic N) is 1. The molecule has 0 atom stereocenters. The number of nitrogens with one attached hydrogen (secondary N) is 1. The Morgan fingerprint density at radius 2 is 2.12 bits per heavy atom. The van der Waals surface area contributed by atoms with E-state index in [1.807, 2.05) is 25.2 Å². The predicted octanol–water partition coefficient (Wildman–Crippen LogP) is 2.27. The second kappa shape index (κ2) is 4.49. The van der Waals surface area contributed by atoms with Crippen molar-refractivity contribution in [3.63, 3.8) is 0 Å². The van der Waals surface area contributed by atoms with E-state index < -0.39 is 0 Å². The van der Waals surface area contributed by atoms with Gasteiger partial charge in [0.2, 0.25) is 0 Å². The normalized spacial score (nSPS) is 10.7. The molecule has 3 heteroatoms. The lowest BCUT2D eigenvalue weighted by Gasteiger charge is -2.07. The van der Waals surface area contributed by atoms with Crippen LogP contribution in [0.1, 0.15) is 11.3 Å². The van der Waals surface area contributed by atoms with E-state index in [1.54, 1.807) is 7.11 Å². The third kappa shape index (κ3) is 1.99. The maximum Gasteiger partial charge on any atom is 0.121 e. The molecular formula is C13H16N2O. The highest BCUT2D eigenvalue weighted by Crippen LogP contribution is 2.21. The number of benzene rings is 1. The minimum atomic E-state index is 0.791. The van der Waals surface area contributed by atoms with Crippen LogP contribution in [0, 0.1) is 6.92 Å². The van der Waals surface area contributed by atoms with E-state index in [1.165, 1.54) is 5.56 Å². The van der Waals surface area contributed by atoms with Gasteiger partial charge in [0.15, 0.2) is 0 Å². The summed E-state index contributed by atoms with van der Waals surface area (Å²) in [6.07, 6.45) is 0. The monoisotopic (exact) mass is 216 g/mol. The number of ether oxygens (including phenoxy) is 1. The molecule has 1 heterocycles. The first kappa shape index (κ1) is 10.9. The van der Waals surface area contributed by atoms with Crippen LogP contribution >= 0.6 is 0 Å². The summed E-state index contributed by atoms with van der Waals surface area (Å²) in [7, 11) is 3.60. The molecule has 0 fully saturated rings. The molecule has 3 nitrogen and oxygen atoms in total. The molecule has 84 valence electrons. The molecule has 0 aliphatic carbocycles. The van der Waals surface area contributed by atoms with E-state index >= 15 is 0 Å². The third-order valence-electron chi connectivity index (χ3n) is 2.66. The Labute approximate surface area is 95.5 Å². The molecule has 2 aromatic rings. The summed E-state index contributed by atoms with van der Waals surface area (Å²) < 4.78 is 5.20. The Kier molecular flexibility index (Phi) is 3.06. The highest BCUT2D eigenvalue weighted by molar-refractivity contribution is 5.81. The molecule has 2 rings (SSSR count).